The number of hydrogen-bond donors (Lipinski definition) is 1. The van der Waals surface area contributed by atoms with Crippen LogP contribution in [-0.4, -0.2) is 53.7 Å². The summed E-state index contributed by atoms with van der Waals surface area (Å²) in [6, 6.07) is 6.19. The fourth-order valence-corrected chi connectivity index (χ4v) is 3.38. The van der Waals surface area contributed by atoms with Crippen molar-refractivity contribution in [3.05, 3.63) is 41.1 Å². The number of rotatable bonds is 4. The molecule has 3 rings (SSSR count). The summed E-state index contributed by atoms with van der Waals surface area (Å²) in [5.41, 5.74) is 4.71. The minimum atomic E-state index is -0.251. The first-order valence-corrected chi connectivity index (χ1v) is 9.32. The zero-order chi connectivity index (χ0) is 19.4. The second-order valence-electron chi connectivity index (χ2n) is 6.81. The van der Waals surface area contributed by atoms with Gasteiger partial charge in [0.25, 0.3) is 0 Å². The summed E-state index contributed by atoms with van der Waals surface area (Å²) >= 11 is 0. The summed E-state index contributed by atoms with van der Waals surface area (Å²) in [6.07, 6.45) is 1.51. The van der Waals surface area contributed by atoms with E-state index in [1.165, 1.54) is 16.7 Å². The number of carbonyl (C=O) groups is 1. The van der Waals surface area contributed by atoms with Gasteiger partial charge in [-0.15, -0.1) is 0 Å². The van der Waals surface area contributed by atoms with Crippen molar-refractivity contribution in [1.29, 1.82) is 0 Å². The molecule has 2 aromatic rings. The molecule has 0 aliphatic carbocycles. The number of hydrogen-bond acceptors (Lipinski definition) is 6. The molecule has 1 fully saturated rings. The lowest BCUT2D eigenvalue weighted by Crippen LogP contribution is -2.49. The van der Waals surface area contributed by atoms with Gasteiger partial charge in [0.15, 0.2) is 0 Å². The number of carbonyl (C=O) groups excluding carboxylic acids is 1. The van der Waals surface area contributed by atoms with Gasteiger partial charge < -0.3 is 19.9 Å². The molecular weight excluding hydrogens is 342 g/mol. The summed E-state index contributed by atoms with van der Waals surface area (Å²) < 4.78 is 5.07. The van der Waals surface area contributed by atoms with Crippen LogP contribution in [-0.2, 0) is 4.74 Å². The van der Waals surface area contributed by atoms with Gasteiger partial charge in [-0.3, -0.25) is 0 Å². The number of aryl methyl sites for hydroxylation is 3. The van der Waals surface area contributed by atoms with Gasteiger partial charge in [-0.2, -0.15) is 4.98 Å². The second kappa shape index (κ2) is 8.24. The lowest BCUT2D eigenvalue weighted by Gasteiger charge is -2.34. The van der Waals surface area contributed by atoms with E-state index in [4.69, 9.17) is 4.74 Å². The van der Waals surface area contributed by atoms with Crippen molar-refractivity contribution in [3.63, 3.8) is 0 Å². The molecule has 0 bridgehead atoms. The Kier molecular flexibility index (Phi) is 5.78. The van der Waals surface area contributed by atoms with Crippen LogP contribution in [0.5, 0.6) is 0 Å². The molecular formula is C20H27N5O2. The summed E-state index contributed by atoms with van der Waals surface area (Å²) in [5, 5.41) is 3.43. The number of piperazine rings is 1. The first-order valence-electron chi connectivity index (χ1n) is 9.32. The van der Waals surface area contributed by atoms with Gasteiger partial charge in [-0.1, -0.05) is 17.7 Å². The van der Waals surface area contributed by atoms with Crippen LogP contribution in [0, 0.1) is 20.8 Å². The van der Waals surface area contributed by atoms with E-state index in [9.17, 15) is 4.79 Å². The first-order chi connectivity index (χ1) is 13.0. The predicted octanol–water partition coefficient (Wildman–Crippen LogP) is 3.42. The van der Waals surface area contributed by atoms with E-state index in [2.05, 4.69) is 53.1 Å². The van der Waals surface area contributed by atoms with Gasteiger partial charge >= 0.3 is 6.09 Å². The summed E-state index contributed by atoms with van der Waals surface area (Å²) in [4.78, 5) is 24.7. The largest absolute Gasteiger partial charge is 0.450 e. The molecule has 1 N–H and O–H groups in total. The topological polar surface area (TPSA) is 70.6 Å². The van der Waals surface area contributed by atoms with E-state index in [-0.39, 0.29) is 6.09 Å². The average molecular weight is 369 g/mol. The maximum atomic E-state index is 11.8. The predicted molar refractivity (Wildman–Crippen MR) is 107 cm³/mol. The van der Waals surface area contributed by atoms with Gasteiger partial charge in [0.2, 0.25) is 5.95 Å². The third-order valence-corrected chi connectivity index (χ3v) is 4.66. The number of aromatic nitrogens is 2. The normalized spacial score (nSPS) is 14.2. The molecule has 0 spiro atoms. The number of benzene rings is 1. The Morgan fingerprint density at radius 1 is 1.15 bits per heavy atom. The molecule has 2 heterocycles. The highest BCUT2D eigenvalue weighted by Crippen LogP contribution is 2.25. The number of amides is 1. The van der Waals surface area contributed by atoms with Crippen LogP contribution in [0.15, 0.2) is 24.4 Å². The van der Waals surface area contributed by atoms with Crippen LogP contribution in [0.1, 0.15) is 23.6 Å². The highest BCUT2D eigenvalue weighted by molar-refractivity contribution is 5.68. The Labute approximate surface area is 160 Å². The number of anilines is 3. The molecule has 1 aromatic heterocycles. The van der Waals surface area contributed by atoms with Gasteiger partial charge in [-0.25, -0.2) is 9.78 Å². The standard InChI is InChI=1S/C20H27N5O2/c1-5-27-20(26)25-10-8-24(9-11-25)19-21-7-6-17(23-19)22-18-15(3)12-14(2)13-16(18)4/h6-7,12-13H,5,8-11H2,1-4H3,(H,21,22,23). The van der Waals surface area contributed by atoms with Crippen LogP contribution in [0.25, 0.3) is 0 Å². The van der Waals surface area contributed by atoms with Crippen LogP contribution in [0.2, 0.25) is 0 Å². The van der Waals surface area contributed by atoms with Crippen molar-refractivity contribution >= 4 is 23.5 Å². The van der Waals surface area contributed by atoms with Crippen molar-refractivity contribution in [3.8, 4) is 0 Å². The highest BCUT2D eigenvalue weighted by Gasteiger charge is 2.23. The minimum Gasteiger partial charge on any atom is -0.450 e. The minimum absolute atomic E-state index is 0.251. The van der Waals surface area contributed by atoms with E-state index >= 15 is 0 Å². The number of nitrogens with zero attached hydrogens (tertiary/aromatic N) is 4. The maximum Gasteiger partial charge on any atom is 0.409 e. The fourth-order valence-electron chi connectivity index (χ4n) is 3.38. The lowest BCUT2D eigenvalue weighted by atomic mass is 10.1. The zero-order valence-electron chi connectivity index (χ0n) is 16.5. The molecule has 144 valence electrons. The van der Waals surface area contributed by atoms with Crippen molar-refractivity contribution in [2.24, 2.45) is 0 Å². The van der Waals surface area contributed by atoms with Gasteiger partial charge in [0, 0.05) is 38.1 Å². The zero-order valence-corrected chi connectivity index (χ0v) is 16.5. The van der Waals surface area contributed by atoms with E-state index in [0.717, 1.165) is 11.5 Å². The Morgan fingerprint density at radius 2 is 1.81 bits per heavy atom. The molecule has 27 heavy (non-hydrogen) atoms. The fraction of sp³-hybridized carbons (Fsp3) is 0.450. The quantitative estimate of drug-likeness (QED) is 0.890. The monoisotopic (exact) mass is 369 g/mol. The maximum absolute atomic E-state index is 11.8. The Balaban J connectivity index is 1.69. The van der Waals surface area contributed by atoms with E-state index in [1.54, 1.807) is 11.1 Å². The SMILES string of the molecule is CCOC(=O)N1CCN(c2nccc(Nc3c(C)cc(C)cc3C)n2)CC1. The third-order valence-electron chi connectivity index (χ3n) is 4.66. The summed E-state index contributed by atoms with van der Waals surface area (Å²) in [6.45, 7) is 11.1. The first kappa shape index (κ1) is 18.9. The van der Waals surface area contributed by atoms with Crippen molar-refractivity contribution in [2.45, 2.75) is 27.7 Å². The molecule has 0 saturated carbocycles. The molecule has 7 heteroatoms. The van der Waals surface area contributed by atoms with Crippen LogP contribution in [0.3, 0.4) is 0 Å². The Morgan fingerprint density at radius 3 is 2.44 bits per heavy atom. The second-order valence-corrected chi connectivity index (χ2v) is 6.81. The number of ether oxygens (including phenoxy) is 1. The third kappa shape index (κ3) is 4.48. The Hall–Kier alpha value is -2.83. The van der Waals surface area contributed by atoms with E-state index in [1.807, 2.05) is 13.0 Å². The molecule has 0 atom stereocenters. The molecule has 7 nitrogen and oxygen atoms in total. The van der Waals surface area contributed by atoms with Crippen molar-refractivity contribution in [2.75, 3.05) is 43.0 Å². The number of nitrogens with one attached hydrogen (secondary N) is 1. The molecule has 0 unspecified atom stereocenters. The smallest absolute Gasteiger partial charge is 0.409 e. The molecule has 1 aliphatic rings. The van der Waals surface area contributed by atoms with Crippen LogP contribution >= 0.6 is 0 Å². The molecule has 1 aliphatic heterocycles. The highest BCUT2D eigenvalue weighted by atomic mass is 16.6. The molecule has 1 amide bonds. The van der Waals surface area contributed by atoms with Crippen molar-refractivity contribution < 1.29 is 9.53 Å². The van der Waals surface area contributed by atoms with Crippen LogP contribution < -0.4 is 10.2 Å². The van der Waals surface area contributed by atoms with Gasteiger partial charge in [0.05, 0.1) is 6.61 Å². The van der Waals surface area contributed by atoms with E-state index < -0.39 is 0 Å². The molecule has 1 aromatic carbocycles. The summed E-state index contributed by atoms with van der Waals surface area (Å²) in [7, 11) is 0. The van der Waals surface area contributed by atoms with Gasteiger partial charge in [0.1, 0.15) is 5.82 Å². The molecule has 0 radical (unpaired) electrons. The average Bonchev–Trinajstić information content (AvgIpc) is 2.65. The van der Waals surface area contributed by atoms with Crippen LogP contribution in [0.4, 0.5) is 22.2 Å². The molecule has 1 saturated heterocycles. The van der Waals surface area contributed by atoms with Crippen molar-refractivity contribution in [1.82, 2.24) is 14.9 Å². The van der Waals surface area contributed by atoms with E-state index in [0.29, 0.717) is 38.7 Å². The van der Waals surface area contributed by atoms with Gasteiger partial charge in [-0.05, 0) is 44.9 Å². The lowest BCUT2D eigenvalue weighted by molar-refractivity contribution is 0.105. The summed E-state index contributed by atoms with van der Waals surface area (Å²) in [5.74, 6) is 1.44. The Bertz CT molecular complexity index is 793.